The van der Waals surface area contributed by atoms with Crippen molar-refractivity contribution in [2.24, 2.45) is 7.05 Å². The Kier molecular flexibility index (Phi) is 4.24. The number of hydrogen-bond acceptors (Lipinski definition) is 4. The molecule has 0 spiro atoms. The van der Waals surface area contributed by atoms with Crippen molar-refractivity contribution in [3.05, 3.63) is 60.0 Å². The van der Waals surface area contributed by atoms with E-state index in [2.05, 4.69) is 10.1 Å². The van der Waals surface area contributed by atoms with Crippen LogP contribution in [0.2, 0.25) is 0 Å². The van der Waals surface area contributed by atoms with Crippen molar-refractivity contribution in [2.45, 2.75) is 25.3 Å². The molecule has 0 bridgehead atoms. The van der Waals surface area contributed by atoms with E-state index in [0.29, 0.717) is 24.1 Å². The van der Waals surface area contributed by atoms with E-state index in [1.54, 1.807) is 30.3 Å². The first-order valence-electron chi connectivity index (χ1n) is 8.80. The first-order chi connectivity index (χ1) is 12.6. The molecule has 0 unspecified atom stereocenters. The van der Waals surface area contributed by atoms with Crippen LogP contribution in [0, 0.1) is 0 Å². The molecule has 2 aromatic heterocycles. The van der Waals surface area contributed by atoms with Crippen LogP contribution in [0.4, 0.5) is 0 Å². The highest BCUT2D eigenvalue weighted by atomic mass is 16.2. The third-order valence-electron chi connectivity index (χ3n) is 4.96. The van der Waals surface area contributed by atoms with Crippen molar-refractivity contribution < 1.29 is 9.59 Å². The zero-order chi connectivity index (χ0) is 18.1. The normalized spacial score (nSPS) is 17.0. The van der Waals surface area contributed by atoms with Crippen LogP contribution in [-0.2, 0) is 7.05 Å². The summed E-state index contributed by atoms with van der Waals surface area (Å²) in [6.07, 6.45) is 7.13. The molecule has 1 aliphatic heterocycles. The number of rotatable bonds is 4. The van der Waals surface area contributed by atoms with Crippen LogP contribution < -0.4 is 0 Å². The van der Waals surface area contributed by atoms with Gasteiger partial charge in [-0.15, -0.1) is 0 Å². The molecular formula is C20H20N4O2. The van der Waals surface area contributed by atoms with Crippen LogP contribution in [0.1, 0.15) is 40.0 Å². The monoisotopic (exact) mass is 348 g/mol. The predicted molar refractivity (Wildman–Crippen MR) is 98.0 cm³/mol. The number of carbonyl (C=O) groups is 2. The minimum atomic E-state index is -0.0675. The van der Waals surface area contributed by atoms with E-state index in [9.17, 15) is 9.59 Å². The van der Waals surface area contributed by atoms with E-state index in [4.69, 9.17) is 0 Å². The summed E-state index contributed by atoms with van der Waals surface area (Å²) in [5, 5.41) is 4.91. The Labute approximate surface area is 151 Å². The summed E-state index contributed by atoms with van der Waals surface area (Å²) in [4.78, 5) is 31.9. The number of hydrogen-bond donors (Lipinski definition) is 0. The molecule has 1 fully saturated rings. The van der Waals surface area contributed by atoms with Gasteiger partial charge in [0.1, 0.15) is 0 Å². The highest BCUT2D eigenvalue weighted by Gasteiger charge is 2.32. The number of pyridine rings is 1. The second kappa shape index (κ2) is 6.71. The van der Waals surface area contributed by atoms with E-state index in [-0.39, 0.29) is 17.7 Å². The van der Waals surface area contributed by atoms with Crippen LogP contribution in [0.25, 0.3) is 10.9 Å². The molecule has 1 atom stereocenters. The van der Waals surface area contributed by atoms with Gasteiger partial charge in [-0.1, -0.05) is 12.1 Å². The van der Waals surface area contributed by atoms with Crippen LogP contribution in [0.5, 0.6) is 0 Å². The standard InChI is InChI=1S/C20H20N4O2/c1-23-13-14(12-22-23)19(25)11-15-5-4-10-24(15)20(26)17-6-2-8-18-16(17)7-3-9-21-18/h2-3,6-9,12-13,15H,4-5,10-11H2,1H3/t15-/m1/s1. The molecule has 4 rings (SSSR count). The van der Waals surface area contributed by atoms with E-state index in [0.717, 1.165) is 23.7 Å². The lowest BCUT2D eigenvalue weighted by Crippen LogP contribution is -2.37. The number of aryl methyl sites for hydroxylation is 1. The number of ketones is 1. The second-order valence-electron chi connectivity index (χ2n) is 6.70. The number of nitrogens with zero attached hydrogens (tertiary/aromatic N) is 4. The fourth-order valence-corrected chi connectivity index (χ4v) is 3.66. The van der Waals surface area contributed by atoms with Gasteiger partial charge in [-0.3, -0.25) is 19.3 Å². The summed E-state index contributed by atoms with van der Waals surface area (Å²) in [5.41, 5.74) is 2.05. The van der Waals surface area contributed by atoms with Crippen molar-refractivity contribution in [2.75, 3.05) is 6.54 Å². The third-order valence-corrected chi connectivity index (χ3v) is 4.96. The predicted octanol–water partition coefficient (Wildman–Crippen LogP) is 2.85. The third kappa shape index (κ3) is 2.98. The summed E-state index contributed by atoms with van der Waals surface area (Å²) < 4.78 is 1.62. The summed E-state index contributed by atoms with van der Waals surface area (Å²) in [6.45, 7) is 0.681. The molecule has 1 amide bonds. The number of aromatic nitrogens is 3. The molecule has 0 N–H and O–H groups in total. The topological polar surface area (TPSA) is 68.1 Å². The molecule has 1 aliphatic rings. The molecule has 1 saturated heterocycles. The van der Waals surface area contributed by atoms with Crippen LogP contribution >= 0.6 is 0 Å². The summed E-state index contributed by atoms with van der Waals surface area (Å²) >= 11 is 0. The second-order valence-corrected chi connectivity index (χ2v) is 6.70. The van der Waals surface area contributed by atoms with Gasteiger partial charge in [0.2, 0.25) is 0 Å². The van der Waals surface area contributed by atoms with Crippen molar-refractivity contribution in [3.8, 4) is 0 Å². The first-order valence-corrected chi connectivity index (χ1v) is 8.80. The zero-order valence-corrected chi connectivity index (χ0v) is 14.6. The molecule has 26 heavy (non-hydrogen) atoms. The summed E-state index contributed by atoms with van der Waals surface area (Å²) in [7, 11) is 1.79. The molecule has 3 heterocycles. The molecule has 0 saturated carbocycles. The molecule has 0 radical (unpaired) electrons. The Balaban J connectivity index is 1.57. The maximum absolute atomic E-state index is 13.2. The Morgan fingerprint density at radius 1 is 1.23 bits per heavy atom. The lowest BCUT2D eigenvalue weighted by Gasteiger charge is -2.24. The van der Waals surface area contributed by atoms with Gasteiger partial charge in [-0.05, 0) is 31.0 Å². The molecule has 0 aliphatic carbocycles. The van der Waals surface area contributed by atoms with Crippen molar-refractivity contribution in [1.82, 2.24) is 19.7 Å². The Morgan fingerprint density at radius 3 is 2.92 bits per heavy atom. The number of likely N-dealkylation sites (tertiary alicyclic amines) is 1. The van der Waals surface area contributed by atoms with Gasteiger partial charge >= 0.3 is 0 Å². The van der Waals surface area contributed by atoms with Crippen molar-refractivity contribution in [1.29, 1.82) is 0 Å². The number of benzene rings is 1. The fourth-order valence-electron chi connectivity index (χ4n) is 3.66. The Hall–Kier alpha value is -3.02. The minimum absolute atomic E-state index is 0.0231. The molecule has 6 heteroatoms. The van der Waals surface area contributed by atoms with Gasteiger partial charge < -0.3 is 4.90 Å². The van der Waals surface area contributed by atoms with E-state index < -0.39 is 0 Å². The number of fused-ring (bicyclic) bond motifs is 1. The van der Waals surface area contributed by atoms with Crippen LogP contribution in [0.15, 0.2) is 48.9 Å². The van der Waals surface area contributed by atoms with Gasteiger partial charge in [0, 0.05) is 49.4 Å². The highest BCUT2D eigenvalue weighted by molar-refractivity contribution is 6.06. The van der Waals surface area contributed by atoms with E-state index in [1.807, 2.05) is 35.2 Å². The Bertz CT molecular complexity index is 973. The van der Waals surface area contributed by atoms with Gasteiger partial charge in [0.05, 0.1) is 17.3 Å². The maximum atomic E-state index is 13.2. The van der Waals surface area contributed by atoms with Crippen molar-refractivity contribution in [3.63, 3.8) is 0 Å². The lowest BCUT2D eigenvalue weighted by atomic mass is 10.0. The smallest absolute Gasteiger partial charge is 0.254 e. The average Bonchev–Trinajstić information content (AvgIpc) is 3.29. The van der Waals surface area contributed by atoms with E-state index >= 15 is 0 Å². The molecule has 1 aromatic carbocycles. The molecule has 6 nitrogen and oxygen atoms in total. The molecule has 132 valence electrons. The quantitative estimate of drug-likeness (QED) is 0.680. The Morgan fingerprint density at radius 2 is 2.12 bits per heavy atom. The highest BCUT2D eigenvalue weighted by Crippen LogP contribution is 2.26. The molecular weight excluding hydrogens is 328 g/mol. The maximum Gasteiger partial charge on any atom is 0.254 e. The largest absolute Gasteiger partial charge is 0.335 e. The van der Waals surface area contributed by atoms with Gasteiger partial charge in [0.25, 0.3) is 5.91 Å². The summed E-state index contributed by atoms with van der Waals surface area (Å²) in [6, 6.07) is 9.29. The number of amides is 1. The lowest BCUT2D eigenvalue weighted by molar-refractivity contribution is 0.0719. The number of carbonyl (C=O) groups excluding carboxylic acids is 2. The van der Waals surface area contributed by atoms with Crippen LogP contribution in [0.3, 0.4) is 0 Å². The number of Topliss-reactive ketones (excluding diaryl/α,β-unsaturated/α-hetero) is 1. The van der Waals surface area contributed by atoms with Gasteiger partial charge in [-0.25, -0.2) is 0 Å². The first kappa shape index (κ1) is 16.4. The van der Waals surface area contributed by atoms with E-state index in [1.165, 1.54) is 0 Å². The molecule has 3 aromatic rings. The minimum Gasteiger partial charge on any atom is -0.335 e. The zero-order valence-electron chi connectivity index (χ0n) is 14.6. The van der Waals surface area contributed by atoms with Crippen molar-refractivity contribution >= 4 is 22.6 Å². The fraction of sp³-hybridized carbons (Fsp3) is 0.300. The van der Waals surface area contributed by atoms with Gasteiger partial charge in [-0.2, -0.15) is 5.10 Å². The summed E-state index contributed by atoms with van der Waals surface area (Å²) in [5.74, 6) is 0.00692. The SMILES string of the molecule is Cn1cc(C(=O)C[C@H]2CCCN2C(=O)c2cccc3ncccc23)cn1. The van der Waals surface area contributed by atoms with Gasteiger partial charge in [0.15, 0.2) is 5.78 Å². The van der Waals surface area contributed by atoms with Crippen LogP contribution in [-0.4, -0.2) is 43.9 Å². The average molecular weight is 348 g/mol.